The van der Waals surface area contributed by atoms with Crippen LogP contribution in [0.25, 0.3) is 11.1 Å². The fraction of sp³-hybridized carbons (Fsp3) is 0.423. The highest BCUT2D eigenvalue weighted by molar-refractivity contribution is 5.85. The standard InChI is InChI=1S/C26H32N2O6/c1-17(2)11-12-23(25(31)27-13-14-33-16-24(29)30)28-26(32)34-15-22-20-9-5-3-7-18(20)19-8-4-6-10-21(19)22/h3-10,17,22-23H,11-16H2,1-2H3,(H,27,31)(H,28,32)(H,29,30). The molecule has 0 radical (unpaired) electrons. The van der Waals surface area contributed by atoms with E-state index >= 15 is 0 Å². The van der Waals surface area contributed by atoms with Gasteiger partial charge in [0.1, 0.15) is 19.3 Å². The summed E-state index contributed by atoms with van der Waals surface area (Å²) in [6.45, 7) is 4.05. The van der Waals surface area contributed by atoms with Crippen molar-refractivity contribution in [3.8, 4) is 11.1 Å². The Morgan fingerprint density at radius 2 is 1.59 bits per heavy atom. The average molecular weight is 469 g/mol. The van der Waals surface area contributed by atoms with Gasteiger partial charge in [0.25, 0.3) is 0 Å². The number of hydrogen-bond donors (Lipinski definition) is 3. The van der Waals surface area contributed by atoms with Crippen molar-refractivity contribution in [3.63, 3.8) is 0 Å². The summed E-state index contributed by atoms with van der Waals surface area (Å²) in [5.41, 5.74) is 4.52. The van der Waals surface area contributed by atoms with Crippen LogP contribution in [0.15, 0.2) is 48.5 Å². The molecule has 0 aliphatic heterocycles. The zero-order valence-electron chi connectivity index (χ0n) is 19.6. The number of rotatable bonds is 12. The van der Waals surface area contributed by atoms with E-state index in [2.05, 4.69) is 22.8 Å². The third kappa shape index (κ3) is 6.81. The number of carbonyl (C=O) groups excluding carboxylic acids is 2. The Bertz CT molecular complexity index is 961. The Morgan fingerprint density at radius 1 is 0.971 bits per heavy atom. The molecule has 3 N–H and O–H groups in total. The number of hydrogen-bond acceptors (Lipinski definition) is 5. The van der Waals surface area contributed by atoms with Crippen LogP contribution < -0.4 is 10.6 Å². The lowest BCUT2D eigenvalue weighted by atomic mass is 9.98. The lowest BCUT2D eigenvalue weighted by Gasteiger charge is -2.20. The molecule has 0 fully saturated rings. The van der Waals surface area contributed by atoms with Crippen LogP contribution in [0.3, 0.4) is 0 Å². The molecular formula is C26H32N2O6. The summed E-state index contributed by atoms with van der Waals surface area (Å²) in [6.07, 6.45) is 0.564. The Hall–Kier alpha value is -3.39. The van der Waals surface area contributed by atoms with Crippen LogP contribution in [-0.2, 0) is 19.1 Å². The first-order chi connectivity index (χ1) is 16.4. The van der Waals surface area contributed by atoms with E-state index in [4.69, 9.17) is 14.6 Å². The molecule has 0 aromatic heterocycles. The van der Waals surface area contributed by atoms with E-state index in [1.54, 1.807) is 0 Å². The second kappa shape index (κ2) is 12.2. The minimum atomic E-state index is -1.07. The molecule has 2 aromatic carbocycles. The normalized spacial score (nSPS) is 13.1. The number of ether oxygens (including phenoxy) is 2. The van der Waals surface area contributed by atoms with Gasteiger partial charge in [-0.25, -0.2) is 9.59 Å². The number of carboxylic acids is 1. The Labute approximate surface area is 199 Å². The summed E-state index contributed by atoms with van der Waals surface area (Å²) in [5, 5.41) is 14.0. The SMILES string of the molecule is CC(C)CCC(NC(=O)OCC1c2ccccc2-c2ccccc21)C(=O)NCCOCC(=O)O. The lowest BCUT2D eigenvalue weighted by molar-refractivity contribution is -0.142. The zero-order valence-corrected chi connectivity index (χ0v) is 19.6. The third-order valence-corrected chi connectivity index (χ3v) is 5.76. The number of aliphatic carboxylic acids is 1. The third-order valence-electron chi connectivity index (χ3n) is 5.76. The van der Waals surface area contributed by atoms with Crippen molar-refractivity contribution in [3.05, 3.63) is 59.7 Å². The van der Waals surface area contributed by atoms with Crippen LogP contribution in [0.1, 0.15) is 43.7 Å². The number of carbonyl (C=O) groups is 3. The van der Waals surface area contributed by atoms with Gasteiger partial charge in [-0.05, 0) is 41.0 Å². The summed E-state index contributed by atoms with van der Waals surface area (Å²) < 4.78 is 10.5. The number of amides is 2. The van der Waals surface area contributed by atoms with Crippen LogP contribution >= 0.6 is 0 Å². The summed E-state index contributed by atoms with van der Waals surface area (Å²) in [7, 11) is 0. The number of fused-ring (bicyclic) bond motifs is 3. The quantitative estimate of drug-likeness (QED) is 0.411. The molecule has 0 saturated carbocycles. The predicted molar refractivity (Wildman–Crippen MR) is 128 cm³/mol. The number of benzene rings is 2. The topological polar surface area (TPSA) is 114 Å². The van der Waals surface area contributed by atoms with Gasteiger partial charge >= 0.3 is 12.1 Å². The van der Waals surface area contributed by atoms with Crippen molar-refractivity contribution in [2.75, 3.05) is 26.4 Å². The van der Waals surface area contributed by atoms with Gasteiger partial charge in [-0.2, -0.15) is 0 Å². The van der Waals surface area contributed by atoms with E-state index < -0.39 is 24.7 Å². The molecule has 1 aliphatic carbocycles. The van der Waals surface area contributed by atoms with E-state index in [0.717, 1.165) is 28.7 Å². The monoisotopic (exact) mass is 468 g/mol. The predicted octanol–water partition coefficient (Wildman–Crippen LogP) is 3.55. The van der Waals surface area contributed by atoms with Gasteiger partial charge in [0.2, 0.25) is 5.91 Å². The molecule has 2 amide bonds. The van der Waals surface area contributed by atoms with Gasteiger partial charge in [0, 0.05) is 12.5 Å². The molecule has 0 spiro atoms. The first-order valence-electron chi connectivity index (χ1n) is 11.6. The van der Waals surface area contributed by atoms with Crippen LogP contribution in [0.2, 0.25) is 0 Å². The first-order valence-corrected chi connectivity index (χ1v) is 11.6. The molecule has 1 aliphatic rings. The number of carboxylic acid groups (broad SMARTS) is 1. The summed E-state index contributed by atoms with van der Waals surface area (Å²) in [4.78, 5) is 35.7. The highest BCUT2D eigenvalue weighted by Gasteiger charge is 2.29. The molecule has 0 heterocycles. The highest BCUT2D eigenvalue weighted by Crippen LogP contribution is 2.44. The van der Waals surface area contributed by atoms with E-state index in [1.807, 2.05) is 50.2 Å². The highest BCUT2D eigenvalue weighted by atomic mass is 16.5. The summed E-state index contributed by atoms with van der Waals surface area (Å²) >= 11 is 0. The second-order valence-corrected chi connectivity index (χ2v) is 8.73. The molecule has 182 valence electrons. The zero-order chi connectivity index (χ0) is 24.5. The van der Waals surface area contributed by atoms with Gasteiger partial charge in [-0.15, -0.1) is 0 Å². The van der Waals surface area contributed by atoms with Crippen molar-refractivity contribution in [2.45, 2.75) is 38.6 Å². The largest absolute Gasteiger partial charge is 0.480 e. The van der Waals surface area contributed by atoms with E-state index in [-0.39, 0.29) is 31.6 Å². The van der Waals surface area contributed by atoms with Crippen molar-refractivity contribution in [1.82, 2.24) is 10.6 Å². The molecule has 8 heteroatoms. The fourth-order valence-corrected chi connectivity index (χ4v) is 4.08. The maximum Gasteiger partial charge on any atom is 0.407 e. The fourth-order valence-electron chi connectivity index (χ4n) is 4.08. The Kier molecular flexibility index (Phi) is 9.04. The van der Waals surface area contributed by atoms with Crippen molar-refractivity contribution < 1.29 is 29.0 Å². The molecule has 3 rings (SSSR count). The second-order valence-electron chi connectivity index (χ2n) is 8.73. The molecule has 0 bridgehead atoms. The molecule has 34 heavy (non-hydrogen) atoms. The van der Waals surface area contributed by atoms with Gasteiger partial charge in [0.05, 0.1) is 6.61 Å². The Balaban J connectivity index is 1.57. The molecule has 8 nitrogen and oxygen atoms in total. The Morgan fingerprint density at radius 3 is 2.18 bits per heavy atom. The first kappa shape index (κ1) is 25.2. The van der Waals surface area contributed by atoms with E-state index in [1.165, 1.54) is 0 Å². The summed E-state index contributed by atoms with van der Waals surface area (Å²) in [6, 6.07) is 15.4. The van der Waals surface area contributed by atoms with Crippen molar-refractivity contribution in [2.24, 2.45) is 5.92 Å². The maximum atomic E-state index is 12.6. The molecule has 1 unspecified atom stereocenters. The van der Waals surface area contributed by atoms with Crippen molar-refractivity contribution in [1.29, 1.82) is 0 Å². The number of alkyl carbamates (subject to hydrolysis) is 1. The molecular weight excluding hydrogens is 436 g/mol. The van der Waals surface area contributed by atoms with Gasteiger partial charge < -0.3 is 25.2 Å². The van der Waals surface area contributed by atoms with Crippen LogP contribution in [-0.4, -0.2) is 55.5 Å². The van der Waals surface area contributed by atoms with Crippen molar-refractivity contribution >= 4 is 18.0 Å². The van der Waals surface area contributed by atoms with Crippen LogP contribution in [0.5, 0.6) is 0 Å². The minimum absolute atomic E-state index is 0.0625. The average Bonchev–Trinajstić information content (AvgIpc) is 3.13. The summed E-state index contributed by atoms with van der Waals surface area (Å²) in [5.74, 6) is -1.13. The van der Waals surface area contributed by atoms with Gasteiger partial charge in [-0.1, -0.05) is 62.4 Å². The number of nitrogens with one attached hydrogen (secondary N) is 2. The maximum absolute atomic E-state index is 12.6. The molecule has 1 atom stereocenters. The van der Waals surface area contributed by atoms with Gasteiger partial charge in [-0.3, -0.25) is 4.79 Å². The van der Waals surface area contributed by atoms with Gasteiger partial charge in [0.15, 0.2) is 0 Å². The van der Waals surface area contributed by atoms with Crippen LogP contribution in [0.4, 0.5) is 4.79 Å². The van der Waals surface area contributed by atoms with E-state index in [0.29, 0.717) is 12.3 Å². The van der Waals surface area contributed by atoms with Crippen LogP contribution in [0, 0.1) is 5.92 Å². The van der Waals surface area contributed by atoms with E-state index in [9.17, 15) is 14.4 Å². The molecule has 2 aromatic rings. The molecule has 0 saturated heterocycles. The lowest BCUT2D eigenvalue weighted by Crippen LogP contribution is -2.48. The minimum Gasteiger partial charge on any atom is -0.480 e. The smallest absolute Gasteiger partial charge is 0.407 e.